The Labute approximate surface area is 136 Å². The first-order valence-electron chi connectivity index (χ1n) is 8.97. The molecule has 0 amide bonds. The van der Waals surface area contributed by atoms with Gasteiger partial charge in [-0.25, -0.2) is 0 Å². The first-order chi connectivity index (χ1) is 9.49. The highest BCUT2D eigenvalue weighted by atomic mass is 79.9. The summed E-state index contributed by atoms with van der Waals surface area (Å²) < 4.78 is 0.149. The fourth-order valence-corrected chi connectivity index (χ4v) is 4.05. The Morgan fingerprint density at radius 2 is 0.950 bits per heavy atom. The average Bonchev–Trinajstić information content (AvgIpc) is 2.46. The highest BCUT2D eigenvalue weighted by Crippen LogP contribution is 2.44. The van der Waals surface area contributed by atoms with Crippen molar-refractivity contribution >= 4 is 15.9 Å². The van der Waals surface area contributed by atoms with Crippen molar-refractivity contribution in [3.63, 3.8) is 0 Å². The third kappa shape index (κ3) is 6.47. The van der Waals surface area contributed by atoms with Gasteiger partial charge in [-0.3, -0.25) is 0 Å². The van der Waals surface area contributed by atoms with Crippen molar-refractivity contribution in [2.24, 2.45) is 5.73 Å². The van der Waals surface area contributed by atoms with E-state index in [1.54, 1.807) is 0 Å². The molecule has 0 aliphatic rings. The molecule has 20 heavy (non-hydrogen) atoms. The van der Waals surface area contributed by atoms with Crippen LogP contribution in [0.2, 0.25) is 0 Å². The van der Waals surface area contributed by atoms with Gasteiger partial charge in [0.25, 0.3) is 0 Å². The minimum atomic E-state index is -0.0244. The summed E-state index contributed by atoms with van der Waals surface area (Å²) in [5.41, 5.74) is 6.96. The largest absolute Gasteiger partial charge is 0.324 e. The summed E-state index contributed by atoms with van der Waals surface area (Å²) in [5, 5.41) is 0. The molecule has 122 valence electrons. The number of hydrogen-bond acceptors (Lipinski definition) is 1. The second-order valence-corrected chi connectivity index (χ2v) is 8.05. The predicted molar refractivity (Wildman–Crippen MR) is 96.7 cm³/mol. The van der Waals surface area contributed by atoms with E-state index in [4.69, 9.17) is 5.73 Å². The molecule has 0 atom stereocenters. The monoisotopic (exact) mass is 347 g/mol. The molecule has 0 unspecified atom stereocenters. The van der Waals surface area contributed by atoms with E-state index in [1.807, 2.05) is 0 Å². The Kier molecular flexibility index (Phi) is 11.3. The second kappa shape index (κ2) is 11.1. The molecule has 0 aliphatic carbocycles. The van der Waals surface area contributed by atoms with Gasteiger partial charge in [0, 0.05) is 9.86 Å². The Morgan fingerprint density at radius 1 is 0.650 bits per heavy atom. The van der Waals surface area contributed by atoms with Crippen LogP contribution in [0.5, 0.6) is 0 Å². The fraction of sp³-hybridized carbons (Fsp3) is 1.00. The van der Waals surface area contributed by atoms with Gasteiger partial charge in [0.15, 0.2) is 0 Å². The van der Waals surface area contributed by atoms with Gasteiger partial charge in [0.1, 0.15) is 0 Å². The molecule has 0 bridgehead atoms. The zero-order valence-corrected chi connectivity index (χ0v) is 16.0. The molecule has 0 aromatic heterocycles. The van der Waals surface area contributed by atoms with E-state index in [0.717, 1.165) is 0 Å². The molecule has 1 nitrogen and oxygen atoms in total. The van der Waals surface area contributed by atoms with Crippen LogP contribution < -0.4 is 5.73 Å². The fourth-order valence-electron chi connectivity index (χ4n) is 3.09. The number of hydrogen-bond donors (Lipinski definition) is 1. The van der Waals surface area contributed by atoms with Gasteiger partial charge in [-0.2, -0.15) is 0 Å². The van der Waals surface area contributed by atoms with E-state index in [-0.39, 0.29) is 9.86 Å². The van der Waals surface area contributed by atoms with Gasteiger partial charge in [0.05, 0.1) is 0 Å². The lowest BCUT2D eigenvalue weighted by Crippen LogP contribution is -2.57. The lowest BCUT2D eigenvalue weighted by atomic mass is 9.72. The van der Waals surface area contributed by atoms with Crippen molar-refractivity contribution in [2.75, 3.05) is 0 Å². The molecule has 0 aromatic rings. The molecular formula is C18H38BrN. The molecule has 0 aromatic carbocycles. The predicted octanol–water partition coefficient (Wildman–Crippen LogP) is 6.58. The Balaban J connectivity index is 5.02. The van der Waals surface area contributed by atoms with Crippen LogP contribution in [0.3, 0.4) is 0 Å². The summed E-state index contributed by atoms with van der Waals surface area (Å²) in [7, 11) is 0. The van der Waals surface area contributed by atoms with Crippen LogP contribution in [0.4, 0.5) is 0 Å². The summed E-state index contributed by atoms with van der Waals surface area (Å²) in [4.78, 5) is 0. The number of rotatable bonds is 13. The van der Waals surface area contributed by atoms with E-state index in [0.29, 0.717) is 0 Å². The van der Waals surface area contributed by atoms with Crippen molar-refractivity contribution in [1.29, 1.82) is 0 Å². The van der Waals surface area contributed by atoms with E-state index in [1.165, 1.54) is 77.0 Å². The second-order valence-electron chi connectivity index (χ2n) is 6.54. The topological polar surface area (TPSA) is 26.0 Å². The van der Waals surface area contributed by atoms with E-state index in [2.05, 4.69) is 43.6 Å². The zero-order valence-electron chi connectivity index (χ0n) is 14.4. The number of alkyl halides is 1. The van der Waals surface area contributed by atoms with Crippen LogP contribution >= 0.6 is 15.9 Å². The minimum Gasteiger partial charge on any atom is -0.324 e. The van der Waals surface area contributed by atoms with E-state index in [9.17, 15) is 0 Å². The van der Waals surface area contributed by atoms with Crippen LogP contribution in [-0.2, 0) is 0 Å². The van der Waals surface area contributed by atoms with Crippen LogP contribution in [-0.4, -0.2) is 9.86 Å². The zero-order chi connectivity index (χ0) is 15.5. The van der Waals surface area contributed by atoms with Crippen molar-refractivity contribution < 1.29 is 0 Å². The standard InChI is InChI=1S/C18H38BrN/c1-5-9-13-17(19,14-10-6-2)18(20,15-11-7-3)16-12-8-4/h5-16,20H2,1-4H3. The quantitative estimate of drug-likeness (QED) is 0.374. The van der Waals surface area contributed by atoms with Crippen molar-refractivity contribution in [1.82, 2.24) is 0 Å². The van der Waals surface area contributed by atoms with Crippen LogP contribution in [0.25, 0.3) is 0 Å². The third-order valence-electron chi connectivity index (χ3n) is 4.70. The molecule has 0 heterocycles. The number of halogens is 1. The van der Waals surface area contributed by atoms with Gasteiger partial charge in [-0.15, -0.1) is 0 Å². The number of unbranched alkanes of at least 4 members (excludes halogenated alkanes) is 4. The molecule has 0 spiro atoms. The van der Waals surface area contributed by atoms with E-state index >= 15 is 0 Å². The molecule has 0 saturated heterocycles. The first kappa shape index (κ1) is 20.4. The maximum Gasteiger partial charge on any atom is 0.0437 e. The summed E-state index contributed by atoms with van der Waals surface area (Å²) in [6.07, 6.45) is 14.9. The van der Waals surface area contributed by atoms with Gasteiger partial charge < -0.3 is 5.73 Å². The van der Waals surface area contributed by atoms with Gasteiger partial charge in [-0.1, -0.05) is 95.0 Å². The summed E-state index contributed by atoms with van der Waals surface area (Å²) in [5.74, 6) is 0. The highest BCUT2D eigenvalue weighted by Gasteiger charge is 2.44. The lowest BCUT2D eigenvalue weighted by Gasteiger charge is -2.46. The van der Waals surface area contributed by atoms with Gasteiger partial charge in [0.2, 0.25) is 0 Å². The molecule has 0 aliphatic heterocycles. The first-order valence-corrected chi connectivity index (χ1v) is 9.76. The maximum atomic E-state index is 6.98. The summed E-state index contributed by atoms with van der Waals surface area (Å²) >= 11 is 4.15. The smallest absolute Gasteiger partial charge is 0.0437 e. The lowest BCUT2D eigenvalue weighted by molar-refractivity contribution is 0.231. The highest BCUT2D eigenvalue weighted by molar-refractivity contribution is 9.10. The molecular weight excluding hydrogens is 310 g/mol. The Morgan fingerprint density at radius 3 is 1.25 bits per heavy atom. The van der Waals surface area contributed by atoms with E-state index < -0.39 is 0 Å². The minimum absolute atomic E-state index is 0.0244. The van der Waals surface area contributed by atoms with Crippen molar-refractivity contribution in [2.45, 2.75) is 115 Å². The summed E-state index contributed by atoms with van der Waals surface area (Å²) in [6.45, 7) is 9.11. The Bertz CT molecular complexity index is 187. The molecule has 0 radical (unpaired) electrons. The molecule has 2 heteroatoms. The molecule has 0 fully saturated rings. The molecule has 0 saturated carbocycles. The van der Waals surface area contributed by atoms with Crippen molar-refractivity contribution in [3.8, 4) is 0 Å². The Hall–Kier alpha value is 0.440. The average molecular weight is 348 g/mol. The van der Waals surface area contributed by atoms with Crippen LogP contribution in [0, 0.1) is 0 Å². The maximum absolute atomic E-state index is 6.98. The van der Waals surface area contributed by atoms with Crippen LogP contribution in [0.15, 0.2) is 0 Å². The normalized spacial score (nSPS) is 12.9. The van der Waals surface area contributed by atoms with Crippen LogP contribution in [0.1, 0.15) is 105 Å². The third-order valence-corrected chi connectivity index (χ3v) is 6.28. The number of nitrogens with two attached hydrogens (primary N) is 1. The molecule has 0 rings (SSSR count). The van der Waals surface area contributed by atoms with Crippen molar-refractivity contribution in [3.05, 3.63) is 0 Å². The molecule has 2 N–H and O–H groups in total. The SMILES string of the molecule is CCCCC(N)(CCCC)C(Br)(CCCC)CCCC. The van der Waals surface area contributed by atoms with Gasteiger partial charge >= 0.3 is 0 Å². The van der Waals surface area contributed by atoms with Gasteiger partial charge in [-0.05, 0) is 25.7 Å². The summed E-state index contributed by atoms with van der Waals surface area (Å²) in [6, 6.07) is 0.